The standard InChI is InChI=1S/C23H16F2N2O2/c24-19-9-14(10-20(25)22(19)28)13-27-21(11-15-5-1-2-6-16(15)12-26)17-7-3-4-8-18(17)23(27)29/h1-10,21,28H,11,13H2. The first-order valence-electron chi connectivity index (χ1n) is 9.04. The van der Waals surface area contributed by atoms with E-state index in [2.05, 4.69) is 6.07 Å². The first-order chi connectivity index (χ1) is 14.0. The summed E-state index contributed by atoms with van der Waals surface area (Å²) in [6.07, 6.45) is 0.398. The Bertz CT molecular complexity index is 1130. The third kappa shape index (κ3) is 3.32. The molecule has 0 fully saturated rings. The van der Waals surface area contributed by atoms with Crippen molar-refractivity contribution in [1.29, 1.82) is 5.26 Å². The summed E-state index contributed by atoms with van der Waals surface area (Å²) in [6, 6.07) is 18.1. The van der Waals surface area contributed by atoms with E-state index in [1.807, 2.05) is 24.3 Å². The van der Waals surface area contributed by atoms with Gasteiger partial charge in [0, 0.05) is 12.1 Å². The molecule has 1 heterocycles. The van der Waals surface area contributed by atoms with Crippen molar-refractivity contribution in [2.24, 2.45) is 0 Å². The lowest BCUT2D eigenvalue weighted by Gasteiger charge is -2.26. The molecule has 0 aromatic heterocycles. The van der Waals surface area contributed by atoms with Gasteiger partial charge in [-0.1, -0.05) is 36.4 Å². The van der Waals surface area contributed by atoms with Gasteiger partial charge in [-0.25, -0.2) is 8.78 Å². The zero-order chi connectivity index (χ0) is 20.5. The van der Waals surface area contributed by atoms with E-state index in [1.165, 1.54) is 0 Å². The first-order valence-corrected chi connectivity index (χ1v) is 9.04. The molecule has 3 aromatic rings. The minimum Gasteiger partial charge on any atom is -0.503 e. The number of hydrogen-bond donors (Lipinski definition) is 1. The fourth-order valence-electron chi connectivity index (χ4n) is 3.77. The predicted molar refractivity (Wildman–Crippen MR) is 102 cm³/mol. The molecule has 1 atom stereocenters. The van der Waals surface area contributed by atoms with Crippen molar-refractivity contribution < 1.29 is 18.7 Å². The van der Waals surface area contributed by atoms with Crippen molar-refractivity contribution in [3.63, 3.8) is 0 Å². The molecule has 1 unspecified atom stereocenters. The van der Waals surface area contributed by atoms with Crippen molar-refractivity contribution in [2.75, 3.05) is 0 Å². The molecule has 144 valence electrons. The van der Waals surface area contributed by atoms with Gasteiger partial charge in [0.15, 0.2) is 17.4 Å². The Labute approximate surface area is 166 Å². The molecule has 1 amide bonds. The van der Waals surface area contributed by atoms with Crippen LogP contribution in [-0.2, 0) is 13.0 Å². The maximum Gasteiger partial charge on any atom is 0.255 e. The number of fused-ring (bicyclic) bond motifs is 1. The van der Waals surface area contributed by atoms with Crippen molar-refractivity contribution in [1.82, 2.24) is 4.90 Å². The number of amides is 1. The van der Waals surface area contributed by atoms with Crippen LogP contribution in [0.25, 0.3) is 0 Å². The molecule has 0 saturated heterocycles. The zero-order valence-corrected chi connectivity index (χ0v) is 15.3. The van der Waals surface area contributed by atoms with E-state index in [0.29, 0.717) is 17.5 Å². The largest absolute Gasteiger partial charge is 0.503 e. The quantitative estimate of drug-likeness (QED) is 0.714. The fourth-order valence-corrected chi connectivity index (χ4v) is 3.77. The lowest BCUT2D eigenvalue weighted by Crippen LogP contribution is -2.29. The summed E-state index contributed by atoms with van der Waals surface area (Å²) in [5, 5.41) is 18.7. The summed E-state index contributed by atoms with van der Waals surface area (Å²) in [5.74, 6) is -3.43. The summed E-state index contributed by atoms with van der Waals surface area (Å²) in [6.45, 7) is -0.0268. The number of phenolic OH excluding ortho intramolecular Hbond substituents is 1. The Hall–Kier alpha value is -3.72. The van der Waals surface area contributed by atoms with Gasteiger partial charge in [-0.3, -0.25) is 4.79 Å². The van der Waals surface area contributed by atoms with Crippen LogP contribution in [0.3, 0.4) is 0 Å². The number of nitriles is 1. The molecule has 4 nitrogen and oxygen atoms in total. The molecule has 6 heteroatoms. The van der Waals surface area contributed by atoms with E-state index in [-0.39, 0.29) is 24.1 Å². The van der Waals surface area contributed by atoms with Crippen molar-refractivity contribution >= 4 is 5.91 Å². The third-order valence-electron chi connectivity index (χ3n) is 5.17. The summed E-state index contributed by atoms with van der Waals surface area (Å²) in [4.78, 5) is 14.6. The molecule has 1 N–H and O–H groups in total. The molecule has 0 saturated carbocycles. The van der Waals surface area contributed by atoms with Crippen LogP contribution >= 0.6 is 0 Å². The SMILES string of the molecule is N#Cc1ccccc1CC1c2ccccc2C(=O)N1Cc1cc(F)c(O)c(F)c1. The van der Waals surface area contributed by atoms with Crippen LogP contribution in [0.2, 0.25) is 0 Å². The number of nitrogens with zero attached hydrogens (tertiary/aromatic N) is 2. The van der Waals surface area contributed by atoms with E-state index in [4.69, 9.17) is 0 Å². The summed E-state index contributed by atoms with van der Waals surface area (Å²) < 4.78 is 27.6. The van der Waals surface area contributed by atoms with Crippen LogP contribution in [0.1, 0.15) is 38.7 Å². The van der Waals surface area contributed by atoms with E-state index in [9.17, 15) is 23.9 Å². The Morgan fingerprint density at radius 3 is 2.41 bits per heavy atom. The van der Waals surface area contributed by atoms with E-state index >= 15 is 0 Å². The number of benzene rings is 3. The Morgan fingerprint density at radius 1 is 1.03 bits per heavy atom. The second-order valence-electron chi connectivity index (χ2n) is 6.92. The number of carbonyl (C=O) groups excluding carboxylic acids is 1. The maximum atomic E-state index is 13.8. The number of hydrogen-bond acceptors (Lipinski definition) is 3. The highest BCUT2D eigenvalue weighted by Crippen LogP contribution is 2.38. The van der Waals surface area contributed by atoms with Gasteiger partial charge in [0.05, 0.1) is 17.7 Å². The fraction of sp³-hybridized carbons (Fsp3) is 0.130. The highest BCUT2D eigenvalue weighted by Gasteiger charge is 2.36. The van der Waals surface area contributed by atoms with E-state index in [1.54, 1.807) is 29.2 Å². The number of phenols is 1. The van der Waals surface area contributed by atoms with Gasteiger partial charge in [0.25, 0.3) is 5.91 Å². The molecule has 29 heavy (non-hydrogen) atoms. The molecule has 1 aliphatic heterocycles. The molecule has 3 aromatic carbocycles. The lowest BCUT2D eigenvalue weighted by atomic mass is 9.95. The molecule has 0 spiro atoms. The van der Waals surface area contributed by atoms with Crippen LogP contribution < -0.4 is 0 Å². The van der Waals surface area contributed by atoms with Gasteiger partial charge in [-0.2, -0.15) is 5.26 Å². The van der Waals surface area contributed by atoms with Gasteiger partial charge in [0.1, 0.15) is 0 Å². The minimum absolute atomic E-state index is 0.0268. The first kappa shape index (κ1) is 18.6. The Balaban J connectivity index is 1.73. The number of carbonyl (C=O) groups is 1. The van der Waals surface area contributed by atoms with Gasteiger partial charge in [-0.15, -0.1) is 0 Å². The van der Waals surface area contributed by atoms with Crippen LogP contribution in [0, 0.1) is 23.0 Å². The normalized spacial score (nSPS) is 15.3. The van der Waals surface area contributed by atoms with Crippen molar-refractivity contribution in [2.45, 2.75) is 19.0 Å². The van der Waals surface area contributed by atoms with Gasteiger partial charge in [0.2, 0.25) is 0 Å². The topological polar surface area (TPSA) is 64.3 Å². The molecule has 1 aliphatic rings. The highest BCUT2D eigenvalue weighted by atomic mass is 19.1. The van der Waals surface area contributed by atoms with Crippen LogP contribution in [0.5, 0.6) is 5.75 Å². The van der Waals surface area contributed by atoms with Crippen LogP contribution in [0.4, 0.5) is 8.78 Å². The minimum atomic E-state index is -1.07. The summed E-state index contributed by atoms with van der Waals surface area (Å²) in [7, 11) is 0. The average Bonchev–Trinajstić information content (AvgIpc) is 2.98. The smallest absolute Gasteiger partial charge is 0.255 e. The molecule has 4 rings (SSSR count). The van der Waals surface area contributed by atoms with Crippen LogP contribution in [-0.4, -0.2) is 15.9 Å². The summed E-state index contributed by atoms with van der Waals surface area (Å²) >= 11 is 0. The second kappa shape index (κ2) is 7.36. The van der Waals surface area contributed by atoms with E-state index in [0.717, 1.165) is 23.3 Å². The molecular formula is C23H16F2N2O2. The Kier molecular flexibility index (Phi) is 4.73. The van der Waals surface area contributed by atoms with Crippen LogP contribution in [0.15, 0.2) is 60.7 Å². The molecule has 0 radical (unpaired) electrons. The number of halogens is 2. The highest BCUT2D eigenvalue weighted by molar-refractivity contribution is 5.99. The maximum absolute atomic E-state index is 13.8. The zero-order valence-electron chi connectivity index (χ0n) is 15.3. The lowest BCUT2D eigenvalue weighted by molar-refractivity contribution is 0.0708. The van der Waals surface area contributed by atoms with Crippen molar-refractivity contribution in [3.8, 4) is 11.8 Å². The monoisotopic (exact) mass is 390 g/mol. The van der Waals surface area contributed by atoms with Crippen molar-refractivity contribution in [3.05, 3.63) is 100 Å². The summed E-state index contributed by atoms with van der Waals surface area (Å²) in [5.41, 5.74) is 2.89. The van der Waals surface area contributed by atoms with Gasteiger partial charge >= 0.3 is 0 Å². The average molecular weight is 390 g/mol. The number of rotatable bonds is 4. The second-order valence-corrected chi connectivity index (χ2v) is 6.92. The molecule has 0 bridgehead atoms. The molecule has 0 aliphatic carbocycles. The third-order valence-corrected chi connectivity index (χ3v) is 5.17. The van der Waals surface area contributed by atoms with E-state index < -0.39 is 17.4 Å². The Morgan fingerprint density at radius 2 is 1.69 bits per heavy atom. The molecular weight excluding hydrogens is 374 g/mol. The van der Waals surface area contributed by atoms with Gasteiger partial charge in [-0.05, 0) is 47.4 Å². The number of aromatic hydroxyl groups is 1. The van der Waals surface area contributed by atoms with Gasteiger partial charge < -0.3 is 10.0 Å². The predicted octanol–water partition coefficient (Wildman–Crippen LogP) is 4.48.